The van der Waals surface area contributed by atoms with Crippen LogP contribution in [0.5, 0.6) is 0 Å². The first-order valence-electron chi connectivity index (χ1n) is 12.0. The van der Waals surface area contributed by atoms with E-state index < -0.39 is 27.7 Å². The summed E-state index contributed by atoms with van der Waals surface area (Å²) < 4.78 is 33.6. The molecule has 4 rings (SSSR count). The van der Waals surface area contributed by atoms with E-state index in [-0.39, 0.29) is 6.54 Å². The third kappa shape index (κ3) is 5.00. The van der Waals surface area contributed by atoms with Gasteiger partial charge < -0.3 is 9.84 Å². The first-order chi connectivity index (χ1) is 17.1. The van der Waals surface area contributed by atoms with E-state index in [1.54, 1.807) is 33.8 Å². The van der Waals surface area contributed by atoms with Gasteiger partial charge >= 0.3 is 5.97 Å². The quantitative estimate of drug-likeness (QED) is 0.383. The highest BCUT2D eigenvalue weighted by Gasteiger charge is 2.39. The average molecular weight is 542 g/mol. The van der Waals surface area contributed by atoms with E-state index >= 15 is 0 Å². The zero-order valence-electron chi connectivity index (χ0n) is 22.1. The molecule has 0 spiro atoms. The Bertz CT molecular complexity index is 1500. The summed E-state index contributed by atoms with van der Waals surface area (Å²) in [5, 5.41) is 10.9. The molecular formula is C29H32ClNO5S. The van der Waals surface area contributed by atoms with Crippen LogP contribution in [-0.4, -0.2) is 31.4 Å². The molecule has 1 heterocycles. The number of anilines is 1. The van der Waals surface area contributed by atoms with Crippen LogP contribution in [0.1, 0.15) is 54.7 Å². The number of carbonyl (C=O) groups is 1. The van der Waals surface area contributed by atoms with Gasteiger partial charge in [-0.15, -0.1) is 0 Å². The van der Waals surface area contributed by atoms with Gasteiger partial charge in [-0.05, 0) is 75.4 Å². The molecule has 0 fully saturated rings. The summed E-state index contributed by atoms with van der Waals surface area (Å²) in [5.74, 6) is -1.15. The molecule has 3 aromatic carbocycles. The van der Waals surface area contributed by atoms with Gasteiger partial charge in [0.15, 0.2) is 6.10 Å². The van der Waals surface area contributed by atoms with Gasteiger partial charge in [0, 0.05) is 21.7 Å². The highest BCUT2D eigenvalue weighted by Crippen LogP contribution is 2.52. The number of hydrogen-bond donors (Lipinski definition) is 1. The molecule has 8 heteroatoms. The molecule has 0 bridgehead atoms. The Hall–Kier alpha value is -2.87. The number of aryl methyl sites for hydroxylation is 1. The number of ether oxygens (including phenoxy) is 1. The van der Waals surface area contributed by atoms with E-state index in [9.17, 15) is 18.3 Å². The number of carboxylic acid groups (broad SMARTS) is 1. The van der Waals surface area contributed by atoms with Gasteiger partial charge in [0.25, 0.3) is 0 Å². The Morgan fingerprint density at radius 3 is 2.16 bits per heavy atom. The van der Waals surface area contributed by atoms with Crippen molar-refractivity contribution in [2.45, 2.75) is 59.8 Å². The molecular weight excluding hydrogens is 510 g/mol. The normalized spacial score (nSPS) is 14.2. The van der Waals surface area contributed by atoms with Crippen molar-refractivity contribution in [3.05, 3.63) is 75.3 Å². The second kappa shape index (κ2) is 9.46. The summed E-state index contributed by atoms with van der Waals surface area (Å²) in [7, 11) is -3.71. The van der Waals surface area contributed by atoms with E-state index in [0.29, 0.717) is 33.0 Å². The van der Waals surface area contributed by atoms with E-state index in [4.69, 9.17) is 16.3 Å². The van der Waals surface area contributed by atoms with Crippen molar-refractivity contribution in [2.24, 2.45) is 0 Å². The van der Waals surface area contributed by atoms with Crippen molar-refractivity contribution in [3.63, 3.8) is 0 Å². The maximum absolute atomic E-state index is 13.1. The monoisotopic (exact) mass is 541 g/mol. The number of hydrogen-bond acceptors (Lipinski definition) is 4. The Balaban J connectivity index is 2.23. The number of fused-ring (bicyclic) bond motifs is 3. The van der Waals surface area contributed by atoms with E-state index in [2.05, 4.69) is 0 Å². The minimum Gasteiger partial charge on any atom is -0.479 e. The fourth-order valence-electron chi connectivity index (χ4n) is 5.13. The highest BCUT2D eigenvalue weighted by atomic mass is 35.5. The zero-order valence-corrected chi connectivity index (χ0v) is 23.7. The molecule has 0 aliphatic carbocycles. The van der Waals surface area contributed by atoms with E-state index in [1.165, 1.54) is 4.31 Å². The van der Waals surface area contributed by atoms with Crippen molar-refractivity contribution in [1.29, 1.82) is 0 Å². The fourth-order valence-corrected chi connectivity index (χ4v) is 6.35. The van der Waals surface area contributed by atoms with Gasteiger partial charge in [0.1, 0.15) is 0 Å². The summed E-state index contributed by atoms with van der Waals surface area (Å²) in [5.41, 5.74) is 6.21. The lowest BCUT2D eigenvalue weighted by Crippen LogP contribution is -2.34. The molecule has 6 nitrogen and oxygen atoms in total. The third-order valence-electron chi connectivity index (χ3n) is 6.63. The van der Waals surface area contributed by atoms with Crippen LogP contribution in [0.25, 0.3) is 22.3 Å². The van der Waals surface area contributed by atoms with Gasteiger partial charge in [0.05, 0.1) is 24.1 Å². The van der Waals surface area contributed by atoms with Crippen LogP contribution in [0.15, 0.2) is 42.5 Å². The molecule has 0 radical (unpaired) electrons. The second-order valence-electron chi connectivity index (χ2n) is 10.6. The van der Waals surface area contributed by atoms with Gasteiger partial charge in [0.2, 0.25) is 10.0 Å². The van der Waals surface area contributed by atoms with Crippen molar-refractivity contribution in [2.75, 3.05) is 10.6 Å². The van der Waals surface area contributed by atoms with E-state index in [0.717, 1.165) is 34.1 Å². The average Bonchev–Trinajstić information content (AvgIpc) is 2.78. The molecule has 1 aliphatic rings. The molecule has 0 aromatic heterocycles. The minimum atomic E-state index is -3.71. The number of rotatable bonds is 5. The lowest BCUT2D eigenvalue weighted by molar-refractivity contribution is -0.160. The Labute approximate surface area is 223 Å². The Kier molecular flexibility index (Phi) is 6.95. The number of aliphatic carboxylic acids is 1. The number of carboxylic acids is 1. The van der Waals surface area contributed by atoms with Crippen molar-refractivity contribution in [1.82, 2.24) is 0 Å². The topological polar surface area (TPSA) is 83.9 Å². The van der Waals surface area contributed by atoms with Crippen LogP contribution in [-0.2, 0) is 26.1 Å². The largest absolute Gasteiger partial charge is 0.479 e. The summed E-state index contributed by atoms with van der Waals surface area (Å²) in [4.78, 5) is 12.7. The van der Waals surface area contributed by atoms with Crippen LogP contribution < -0.4 is 4.31 Å². The molecule has 1 aliphatic heterocycles. The van der Waals surface area contributed by atoms with Crippen molar-refractivity contribution in [3.8, 4) is 22.3 Å². The first kappa shape index (κ1) is 27.2. The summed E-state index contributed by atoms with van der Waals surface area (Å²) >= 11 is 6.73. The number of sulfonamides is 1. The summed E-state index contributed by atoms with van der Waals surface area (Å²) in [6, 6.07) is 13.3. The summed E-state index contributed by atoms with van der Waals surface area (Å²) in [6.07, 6.45) is -0.163. The summed E-state index contributed by atoms with van der Waals surface area (Å²) in [6.45, 7) is 11.1. The maximum atomic E-state index is 13.1. The van der Waals surface area contributed by atoms with Crippen LogP contribution >= 0.6 is 11.6 Å². The molecule has 37 heavy (non-hydrogen) atoms. The molecule has 0 saturated heterocycles. The lowest BCUT2D eigenvalue weighted by Gasteiger charge is -2.37. The third-order valence-corrected chi connectivity index (χ3v) is 8.05. The molecule has 196 valence electrons. The van der Waals surface area contributed by atoms with Gasteiger partial charge in [-0.25, -0.2) is 13.2 Å². The molecule has 0 unspecified atom stereocenters. The fraction of sp³-hybridized carbons (Fsp3) is 0.345. The van der Waals surface area contributed by atoms with Crippen molar-refractivity contribution >= 4 is 33.3 Å². The van der Waals surface area contributed by atoms with Crippen LogP contribution in [0.2, 0.25) is 5.02 Å². The highest BCUT2D eigenvalue weighted by molar-refractivity contribution is 7.92. The number of halogens is 1. The molecule has 3 aromatic rings. The van der Waals surface area contributed by atoms with Crippen LogP contribution in [0, 0.1) is 20.8 Å². The lowest BCUT2D eigenvalue weighted by atomic mass is 9.80. The van der Waals surface area contributed by atoms with Crippen LogP contribution in [0.4, 0.5) is 5.69 Å². The van der Waals surface area contributed by atoms with Gasteiger partial charge in [-0.3, -0.25) is 4.31 Å². The molecule has 0 saturated carbocycles. The zero-order chi connectivity index (χ0) is 27.4. The second-order valence-corrected chi connectivity index (χ2v) is 12.9. The maximum Gasteiger partial charge on any atom is 0.337 e. The first-order valence-corrected chi connectivity index (χ1v) is 14.2. The molecule has 0 amide bonds. The smallest absolute Gasteiger partial charge is 0.337 e. The van der Waals surface area contributed by atoms with Gasteiger partial charge in [-0.2, -0.15) is 0 Å². The van der Waals surface area contributed by atoms with Crippen LogP contribution in [0.3, 0.4) is 0 Å². The molecule has 1 atom stereocenters. The predicted octanol–water partition coefficient (Wildman–Crippen LogP) is 6.82. The van der Waals surface area contributed by atoms with Crippen molar-refractivity contribution < 1.29 is 23.1 Å². The number of benzene rings is 3. The van der Waals surface area contributed by atoms with E-state index in [1.807, 2.05) is 50.2 Å². The van der Waals surface area contributed by atoms with Gasteiger partial charge in [-0.1, -0.05) is 53.6 Å². The molecule has 1 N–H and O–H groups in total. The Morgan fingerprint density at radius 2 is 1.62 bits per heavy atom. The minimum absolute atomic E-state index is 0.100. The SMILES string of the molecule is Cc1ccc(-c2c(C)c3c(c(C)c2[C@H](OC(C)(C)C)C(=O)O)N(S(C)(=O)=O)Cc2cccc(Cl)c2-3)cc1. The standard InChI is InChI=1S/C29H32ClNO5S/c1-16-11-13-19(14-12-16)22-17(2)23-25-20(9-8-10-21(25)30)15-31(37(7,34)35)26(23)18(3)24(22)27(28(32)33)36-29(4,5)6/h8-14,27H,15H2,1-7H3,(H,32,33)/t27-/m0/s1. The Morgan fingerprint density at radius 1 is 1.00 bits per heavy atom. The number of nitrogens with zero attached hydrogens (tertiary/aromatic N) is 1. The predicted molar refractivity (Wildman–Crippen MR) is 149 cm³/mol.